The Bertz CT molecular complexity index is 875. The molecular formula is C21H27F4N5OS. The van der Waals surface area contributed by atoms with Gasteiger partial charge in [0.2, 0.25) is 0 Å². The van der Waals surface area contributed by atoms with Crippen molar-refractivity contribution in [2.45, 2.75) is 13.1 Å². The van der Waals surface area contributed by atoms with Crippen molar-refractivity contribution in [2.24, 2.45) is 0 Å². The van der Waals surface area contributed by atoms with Crippen LogP contribution in [0.2, 0.25) is 0 Å². The lowest BCUT2D eigenvalue weighted by molar-refractivity contribution is -0.0693. The summed E-state index contributed by atoms with van der Waals surface area (Å²) in [5.41, 5.74) is -1.66. The number of rotatable bonds is 4. The molecule has 2 heterocycles. The Labute approximate surface area is 190 Å². The molecule has 1 aromatic heterocycles. The highest BCUT2D eigenvalue weighted by Crippen LogP contribution is 2.32. The van der Waals surface area contributed by atoms with Gasteiger partial charge in [-0.3, -0.25) is 4.79 Å². The minimum atomic E-state index is -4.77. The molecule has 0 bridgehead atoms. The second kappa shape index (κ2) is 13.8. The van der Waals surface area contributed by atoms with Gasteiger partial charge in [0.15, 0.2) is 6.29 Å². The van der Waals surface area contributed by atoms with E-state index in [1.54, 1.807) is 0 Å². The van der Waals surface area contributed by atoms with Crippen molar-refractivity contribution in [2.75, 3.05) is 39.0 Å². The number of hydrogen-bond acceptors (Lipinski definition) is 6. The minimum Gasteiger partial charge on any atom is -0.336 e. The molecule has 11 heteroatoms. The fraction of sp³-hybridized carbons (Fsp3) is 0.381. The number of carbonyl (C=O) groups is 1. The summed E-state index contributed by atoms with van der Waals surface area (Å²) < 4.78 is 52.1. The van der Waals surface area contributed by atoms with E-state index < -0.39 is 29.1 Å². The zero-order valence-corrected chi connectivity index (χ0v) is 18.7. The number of thiol groups is 1. The molecule has 0 amide bonds. The van der Waals surface area contributed by atoms with Crippen molar-refractivity contribution in [3.63, 3.8) is 0 Å². The zero-order valence-electron chi connectivity index (χ0n) is 17.8. The number of nitrogens with zero attached hydrogens (tertiary/aromatic N) is 2. The number of allylic oxidation sites excluding steroid dienone is 2. The van der Waals surface area contributed by atoms with Crippen LogP contribution >= 0.6 is 12.6 Å². The Kier molecular flexibility index (Phi) is 11.9. The van der Waals surface area contributed by atoms with Gasteiger partial charge in [-0.15, -0.1) is 0 Å². The Morgan fingerprint density at radius 3 is 2.22 bits per heavy atom. The summed E-state index contributed by atoms with van der Waals surface area (Å²) in [6.07, 6.45) is -2.91. The largest absolute Gasteiger partial charge is 0.420 e. The van der Waals surface area contributed by atoms with Crippen LogP contribution in [0.4, 0.5) is 17.6 Å². The van der Waals surface area contributed by atoms with Gasteiger partial charge >= 0.3 is 6.18 Å². The normalized spacial score (nSPS) is 14.5. The summed E-state index contributed by atoms with van der Waals surface area (Å²) >= 11 is 3.79. The van der Waals surface area contributed by atoms with E-state index >= 15 is 0 Å². The first kappa shape index (κ1) is 27.5. The number of hydrogen-bond donors (Lipinski definition) is 4. The topological polar surface area (TPSA) is 84.9 Å². The average Bonchev–Trinajstić information content (AvgIpc) is 3.22. The van der Waals surface area contributed by atoms with Gasteiger partial charge in [-0.1, -0.05) is 6.92 Å². The van der Waals surface area contributed by atoms with E-state index in [0.717, 1.165) is 37.2 Å². The molecule has 1 aliphatic heterocycles. The SMILES string of the molecule is CCS.CN1CCNCC1.N=C(/C=C(\c1ncc(C=O)[nH]1)C(F)(F)F)c1ccc(F)cc1. The minimum absolute atomic E-state index is 0.113. The number of halogens is 4. The van der Waals surface area contributed by atoms with Crippen LogP contribution in [0, 0.1) is 11.2 Å². The third-order valence-electron chi connectivity index (χ3n) is 4.07. The first-order valence-corrected chi connectivity index (χ1v) is 10.4. The second-order valence-electron chi connectivity index (χ2n) is 6.65. The Hall–Kier alpha value is -2.50. The first-order valence-electron chi connectivity index (χ1n) is 9.76. The first-order chi connectivity index (χ1) is 15.1. The van der Waals surface area contributed by atoms with E-state index in [-0.39, 0.29) is 11.3 Å². The van der Waals surface area contributed by atoms with Crippen molar-refractivity contribution in [3.05, 3.63) is 59.4 Å². The molecule has 0 atom stereocenters. The third kappa shape index (κ3) is 9.75. The molecule has 2 aromatic rings. The summed E-state index contributed by atoms with van der Waals surface area (Å²) in [7, 11) is 2.15. The molecule has 1 saturated heterocycles. The fourth-order valence-corrected chi connectivity index (χ4v) is 2.45. The quantitative estimate of drug-likeness (QED) is 0.235. The van der Waals surface area contributed by atoms with Crippen LogP contribution in [0.25, 0.3) is 5.57 Å². The number of likely N-dealkylation sites (N-methyl/N-ethyl adjacent to an activating group) is 1. The van der Waals surface area contributed by atoms with E-state index in [2.05, 4.69) is 39.9 Å². The number of aromatic nitrogens is 2. The molecule has 0 aliphatic carbocycles. The van der Waals surface area contributed by atoms with Crippen molar-refractivity contribution >= 4 is 30.2 Å². The molecule has 1 aromatic carbocycles. The molecule has 6 nitrogen and oxygen atoms in total. The van der Waals surface area contributed by atoms with Crippen LogP contribution in [0.3, 0.4) is 0 Å². The van der Waals surface area contributed by atoms with E-state index in [1.807, 2.05) is 6.92 Å². The maximum Gasteiger partial charge on any atom is 0.420 e. The van der Waals surface area contributed by atoms with Crippen LogP contribution in [0.15, 0.2) is 36.5 Å². The summed E-state index contributed by atoms with van der Waals surface area (Å²) in [6, 6.07) is 4.48. The number of imidazole rings is 1. The van der Waals surface area contributed by atoms with Crippen molar-refractivity contribution in [3.8, 4) is 0 Å². The van der Waals surface area contributed by atoms with Gasteiger partial charge in [-0.2, -0.15) is 25.8 Å². The number of H-pyrrole nitrogens is 1. The standard InChI is InChI=1S/C14H9F4N3O.C5H12N2.C2H6S/c15-9-3-1-8(2-4-9)12(19)5-11(14(16,17)18)13-20-6-10(7-22)21-13;1-7-4-2-6-3-5-7;1-2-3/h1-7,19H,(H,20,21);6H,2-5H2,1H3;3H,2H2,1H3/b11-5+,19-12?;;. The molecule has 32 heavy (non-hydrogen) atoms. The van der Waals surface area contributed by atoms with Gasteiger partial charge in [0.25, 0.3) is 0 Å². The van der Waals surface area contributed by atoms with E-state index in [0.29, 0.717) is 12.4 Å². The van der Waals surface area contributed by atoms with Crippen molar-refractivity contribution in [1.82, 2.24) is 20.2 Å². The molecule has 0 spiro atoms. The fourth-order valence-electron chi connectivity index (χ4n) is 2.45. The number of piperazine rings is 1. The number of carbonyl (C=O) groups excluding carboxylic acids is 1. The zero-order chi connectivity index (χ0) is 24.1. The predicted octanol–water partition coefficient (Wildman–Crippen LogP) is 3.83. The highest BCUT2D eigenvalue weighted by Gasteiger charge is 2.37. The lowest BCUT2D eigenvalue weighted by Gasteiger charge is -2.21. The highest BCUT2D eigenvalue weighted by atomic mass is 32.1. The average molecular weight is 474 g/mol. The Morgan fingerprint density at radius 2 is 1.81 bits per heavy atom. The Morgan fingerprint density at radius 1 is 1.25 bits per heavy atom. The van der Waals surface area contributed by atoms with Crippen molar-refractivity contribution in [1.29, 1.82) is 5.41 Å². The van der Waals surface area contributed by atoms with Gasteiger partial charge in [0.1, 0.15) is 17.2 Å². The highest BCUT2D eigenvalue weighted by molar-refractivity contribution is 7.80. The molecule has 3 rings (SSSR count). The van der Waals surface area contributed by atoms with Gasteiger partial charge < -0.3 is 20.6 Å². The predicted molar refractivity (Wildman–Crippen MR) is 121 cm³/mol. The van der Waals surface area contributed by atoms with Crippen LogP contribution < -0.4 is 5.32 Å². The summed E-state index contributed by atoms with van der Waals surface area (Å²) in [6.45, 7) is 6.73. The summed E-state index contributed by atoms with van der Waals surface area (Å²) in [5, 5.41) is 11.0. The molecule has 3 N–H and O–H groups in total. The lowest BCUT2D eigenvalue weighted by Crippen LogP contribution is -2.40. The van der Waals surface area contributed by atoms with Crippen molar-refractivity contribution < 1.29 is 22.4 Å². The molecule has 1 fully saturated rings. The second-order valence-corrected chi connectivity index (χ2v) is 7.28. The number of alkyl halides is 3. The molecule has 0 unspecified atom stereocenters. The number of aromatic amines is 1. The molecular weight excluding hydrogens is 446 g/mol. The van der Waals surface area contributed by atoms with Gasteiger partial charge in [0, 0.05) is 26.2 Å². The third-order valence-corrected chi connectivity index (χ3v) is 4.07. The number of nitrogens with one attached hydrogen (secondary N) is 3. The van der Waals surface area contributed by atoms with Gasteiger partial charge in [-0.05, 0) is 48.7 Å². The lowest BCUT2D eigenvalue weighted by atomic mass is 10.1. The van der Waals surface area contributed by atoms with Crippen LogP contribution in [0.1, 0.15) is 28.8 Å². The van der Waals surface area contributed by atoms with Crippen LogP contribution in [-0.4, -0.2) is 72.0 Å². The number of benzene rings is 1. The Balaban J connectivity index is 0.000000424. The molecule has 176 valence electrons. The summed E-state index contributed by atoms with van der Waals surface area (Å²) in [4.78, 5) is 18.5. The maximum atomic E-state index is 13.1. The molecule has 0 radical (unpaired) electrons. The van der Waals surface area contributed by atoms with Crippen LogP contribution in [0.5, 0.6) is 0 Å². The van der Waals surface area contributed by atoms with E-state index in [1.165, 1.54) is 25.2 Å². The maximum absolute atomic E-state index is 13.1. The van der Waals surface area contributed by atoms with E-state index in [9.17, 15) is 22.4 Å². The van der Waals surface area contributed by atoms with E-state index in [4.69, 9.17) is 5.41 Å². The smallest absolute Gasteiger partial charge is 0.336 e. The summed E-state index contributed by atoms with van der Waals surface area (Å²) in [5.74, 6) is -0.181. The van der Waals surface area contributed by atoms with Gasteiger partial charge in [-0.25, -0.2) is 9.37 Å². The monoisotopic (exact) mass is 473 g/mol. The van der Waals surface area contributed by atoms with Crippen LogP contribution in [-0.2, 0) is 0 Å². The number of aldehydes is 1. The van der Waals surface area contributed by atoms with Gasteiger partial charge in [0.05, 0.1) is 17.6 Å². The molecule has 0 saturated carbocycles. The molecule has 1 aliphatic rings.